The fourth-order valence-corrected chi connectivity index (χ4v) is 0.663. The predicted molar refractivity (Wildman–Crippen MR) is 48.1 cm³/mol. The van der Waals surface area contributed by atoms with Gasteiger partial charge in [0, 0.05) is 0 Å². The molecule has 1 aromatic rings. The summed E-state index contributed by atoms with van der Waals surface area (Å²) in [5.41, 5.74) is 2.74. The summed E-state index contributed by atoms with van der Waals surface area (Å²) in [6.07, 6.45) is 0. The number of rotatable bonds is 0. The quantitative estimate of drug-likeness (QED) is 0.666. The second-order valence-corrected chi connectivity index (χ2v) is 2.08. The summed E-state index contributed by atoms with van der Waals surface area (Å²) >= 11 is 2.06. The SMILES string of the molecule is Cc1ccccc1C.N.[CH2]=[V]. The van der Waals surface area contributed by atoms with Crippen molar-refractivity contribution >= 4 is 5.23 Å². The van der Waals surface area contributed by atoms with Crippen molar-refractivity contribution in [1.82, 2.24) is 6.15 Å². The van der Waals surface area contributed by atoms with Crippen LogP contribution in [0.5, 0.6) is 0 Å². The molecular weight excluding hydrogens is 173 g/mol. The molecule has 1 aromatic carbocycles. The number of aryl methyl sites for hydroxylation is 2. The van der Waals surface area contributed by atoms with Crippen LogP contribution in [0.4, 0.5) is 0 Å². The predicted octanol–water partition coefficient (Wildman–Crippen LogP) is 2.43. The Balaban J connectivity index is 0. The van der Waals surface area contributed by atoms with Gasteiger partial charge in [-0.1, -0.05) is 24.3 Å². The van der Waals surface area contributed by atoms with Gasteiger partial charge in [-0.25, -0.2) is 0 Å². The summed E-state index contributed by atoms with van der Waals surface area (Å²) in [6, 6.07) is 8.36. The fraction of sp³-hybridized carbons (Fsp3) is 0.222. The first-order chi connectivity index (χ1) is 4.80. The van der Waals surface area contributed by atoms with E-state index in [2.05, 4.69) is 60.3 Å². The molecule has 61 valence electrons. The van der Waals surface area contributed by atoms with Crippen LogP contribution < -0.4 is 6.15 Å². The average Bonchev–Trinajstić information content (AvgIpc) is 2.00. The average molecular weight is 188 g/mol. The van der Waals surface area contributed by atoms with Crippen molar-refractivity contribution in [3.05, 3.63) is 35.4 Å². The molecule has 0 fully saturated rings. The molecule has 0 aliphatic heterocycles. The third kappa shape index (κ3) is 4.97. The van der Waals surface area contributed by atoms with Gasteiger partial charge in [0.1, 0.15) is 0 Å². The molecule has 1 nitrogen and oxygen atoms in total. The zero-order valence-corrected chi connectivity index (χ0v) is 8.57. The van der Waals surface area contributed by atoms with Crippen molar-refractivity contribution in [2.45, 2.75) is 13.8 Å². The molecule has 0 bridgehead atoms. The molecule has 0 amide bonds. The van der Waals surface area contributed by atoms with Crippen molar-refractivity contribution < 1.29 is 17.0 Å². The van der Waals surface area contributed by atoms with Gasteiger partial charge in [0.2, 0.25) is 0 Å². The fourth-order valence-electron chi connectivity index (χ4n) is 0.663. The van der Waals surface area contributed by atoms with Crippen molar-refractivity contribution in [3.63, 3.8) is 0 Å². The van der Waals surface area contributed by atoms with Gasteiger partial charge < -0.3 is 6.15 Å². The van der Waals surface area contributed by atoms with E-state index in [1.807, 2.05) is 0 Å². The number of benzene rings is 1. The van der Waals surface area contributed by atoms with E-state index in [0.29, 0.717) is 0 Å². The van der Waals surface area contributed by atoms with E-state index in [9.17, 15) is 0 Å². The van der Waals surface area contributed by atoms with E-state index in [4.69, 9.17) is 0 Å². The molecular formula is C9H15NV. The second kappa shape index (κ2) is 7.74. The Hall–Kier alpha value is -0.366. The molecule has 0 unspecified atom stereocenters. The Labute approximate surface area is 77.9 Å². The van der Waals surface area contributed by atoms with E-state index < -0.39 is 0 Å². The van der Waals surface area contributed by atoms with Gasteiger partial charge in [0.05, 0.1) is 0 Å². The molecule has 0 aliphatic carbocycles. The molecule has 1 rings (SSSR count). The minimum atomic E-state index is 0. The van der Waals surface area contributed by atoms with Crippen LogP contribution in [0.1, 0.15) is 11.1 Å². The van der Waals surface area contributed by atoms with Crippen LogP contribution in [-0.4, -0.2) is 5.23 Å². The minimum absolute atomic E-state index is 0. The first-order valence-electron chi connectivity index (χ1n) is 3.14. The summed E-state index contributed by atoms with van der Waals surface area (Å²) < 4.78 is 0. The third-order valence-electron chi connectivity index (χ3n) is 1.43. The zero-order valence-electron chi connectivity index (χ0n) is 7.17. The van der Waals surface area contributed by atoms with E-state index in [-0.39, 0.29) is 6.15 Å². The van der Waals surface area contributed by atoms with Gasteiger partial charge in [-0.2, -0.15) is 0 Å². The van der Waals surface area contributed by atoms with E-state index in [1.165, 1.54) is 11.1 Å². The molecule has 0 heterocycles. The van der Waals surface area contributed by atoms with Crippen LogP contribution in [0.15, 0.2) is 24.3 Å². The monoisotopic (exact) mass is 188 g/mol. The van der Waals surface area contributed by atoms with E-state index >= 15 is 0 Å². The van der Waals surface area contributed by atoms with Crippen LogP contribution >= 0.6 is 0 Å². The summed E-state index contributed by atoms with van der Waals surface area (Å²) in [4.78, 5) is 0. The maximum atomic E-state index is 3.19. The summed E-state index contributed by atoms with van der Waals surface area (Å²) in [5, 5.41) is 3.19. The topological polar surface area (TPSA) is 35.0 Å². The first-order valence-corrected chi connectivity index (χ1v) is 4.13. The molecule has 0 aliphatic rings. The van der Waals surface area contributed by atoms with Crippen LogP contribution in [0.3, 0.4) is 0 Å². The van der Waals surface area contributed by atoms with Gasteiger partial charge in [-0.3, -0.25) is 0 Å². The Kier molecular flexibility index (Phi) is 9.31. The number of hydrogen-bond acceptors (Lipinski definition) is 1. The standard InChI is InChI=1S/C8H10.CH2.H3N.V/c1-7-5-3-4-6-8(7)2;;;/h3-6H,1-2H3;1H2;1H3;. The van der Waals surface area contributed by atoms with E-state index in [0.717, 1.165) is 0 Å². The zero-order chi connectivity index (χ0) is 7.98. The summed E-state index contributed by atoms with van der Waals surface area (Å²) in [6.45, 7) is 4.24. The molecule has 0 aromatic heterocycles. The van der Waals surface area contributed by atoms with Crippen LogP contribution in [0, 0.1) is 13.8 Å². The van der Waals surface area contributed by atoms with Crippen LogP contribution in [0.2, 0.25) is 0 Å². The maximum absolute atomic E-state index is 3.19. The van der Waals surface area contributed by atoms with Gasteiger partial charge in [0.25, 0.3) is 0 Å². The molecule has 0 atom stereocenters. The van der Waals surface area contributed by atoms with Gasteiger partial charge in [-0.05, 0) is 25.0 Å². The van der Waals surface area contributed by atoms with Crippen molar-refractivity contribution in [2.75, 3.05) is 0 Å². The summed E-state index contributed by atoms with van der Waals surface area (Å²) in [7, 11) is 0. The molecule has 0 saturated carbocycles. The molecule has 2 heteroatoms. The third-order valence-corrected chi connectivity index (χ3v) is 1.43. The second-order valence-electron chi connectivity index (χ2n) is 2.08. The number of hydrogen-bond donors (Lipinski definition) is 1. The molecule has 0 spiro atoms. The normalized spacial score (nSPS) is 7.00. The van der Waals surface area contributed by atoms with Gasteiger partial charge in [0.15, 0.2) is 0 Å². The van der Waals surface area contributed by atoms with Crippen LogP contribution in [0.25, 0.3) is 0 Å². The van der Waals surface area contributed by atoms with Gasteiger partial charge >= 0.3 is 22.2 Å². The van der Waals surface area contributed by atoms with E-state index in [1.54, 1.807) is 0 Å². The van der Waals surface area contributed by atoms with Crippen molar-refractivity contribution in [1.29, 1.82) is 0 Å². The molecule has 0 saturated heterocycles. The Bertz CT molecular complexity index is 178. The first kappa shape index (κ1) is 13.2. The molecule has 11 heavy (non-hydrogen) atoms. The Morgan fingerprint density at radius 1 is 1.00 bits per heavy atom. The van der Waals surface area contributed by atoms with Crippen molar-refractivity contribution in [3.8, 4) is 0 Å². The van der Waals surface area contributed by atoms with Gasteiger partial charge in [-0.15, -0.1) is 0 Å². The molecule has 3 N–H and O–H groups in total. The van der Waals surface area contributed by atoms with Crippen molar-refractivity contribution in [2.24, 2.45) is 0 Å². The summed E-state index contributed by atoms with van der Waals surface area (Å²) in [5.74, 6) is 0. The molecule has 0 radical (unpaired) electrons. The Morgan fingerprint density at radius 2 is 1.27 bits per heavy atom. The van der Waals surface area contributed by atoms with Crippen LogP contribution in [-0.2, 0) is 17.0 Å². The Morgan fingerprint density at radius 3 is 1.45 bits per heavy atom.